The molecule has 1 aromatic heterocycles. The Morgan fingerprint density at radius 1 is 1.37 bits per heavy atom. The Balaban J connectivity index is 2.70. The van der Waals surface area contributed by atoms with E-state index in [-0.39, 0.29) is 18.9 Å². The van der Waals surface area contributed by atoms with Crippen LogP contribution in [0.2, 0.25) is 0 Å². The molecule has 8 nitrogen and oxygen atoms in total. The first-order chi connectivity index (χ1) is 8.94. The van der Waals surface area contributed by atoms with Gasteiger partial charge in [-0.25, -0.2) is 24.2 Å². The molecule has 0 spiro atoms. The zero-order valence-corrected chi connectivity index (χ0v) is 11.8. The van der Waals surface area contributed by atoms with E-state index in [0.717, 1.165) is 0 Å². The van der Waals surface area contributed by atoms with Gasteiger partial charge in [0.15, 0.2) is 5.82 Å². The number of nitrogens with two attached hydrogens (primary N) is 1. The van der Waals surface area contributed by atoms with Gasteiger partial charge >= 0.3 is 0 Å². The van der Waals surface area contributed by atoms with Crippen molar-refractivity contribution in [1.82, 2.24) is 9.97 Å². The lowest BCUT2D eigenvalue weighted by molar-refractivity contribution is 0.128. The Hall–Kier alpha value is -1.45. The van der Waals surface area contributed by atoms with Crippen LogP contribution in [-0.2, 0) is 21.2 Å². The van der Waals surface area contributed by atoms with Gasteiger partial charge in [-0.1, -0.05) is 0 Å². The second-order valence-electron chi connectivity index (χ2n) is 3.89. The van der Waals surface area contributed by atoms with Crippen molar-refractivity contribution in [3.05, 3.63) is 11.9 Å². The molecule has 0 amide bonds. The number of hydrogen-bond donors (Lipinski definition) is 3. The standard InChI is InChI=1S/C10H19N5O3S/c1-3-18-7-10-13-8(6-9(14-10)15-11)12-4-5-19(2,16)17/h6H,3-5,7,11H2,1-2H3,(H2,12,13,14,15). The first-order valence-electron chi connectivity index (χ1n) is 5.78. The second kappa shape index (κ2) is 7.22. The summed E-state index contributed by atoms with van der Waals surface area (Å²) in [6, 6.07) is 1.59. The van der Waals surface area contributed by atoms with E-state index < -0.39 is 9.84 Å². The van der Waals surface area contributed by atoms with Crippen LogP contribution in [0.15, 0.2) is 6.07 Å². The van der Waals surface area contributed by atoms with Crippen LogP contribution < -0.4 is 16.6 Å². The van der Waals surface area contributed by atoms with Crippen LogP contribution in [0.5, 0.6) is 0 Å². The van der Waals surface area contributed by atoms with Crippen LogP contribution in [0, 0.1) is 0 Å². The smallest absolute Gasteiger partial charge is 0.158 e. The van der Waals surface area contributed by atoms with Crippen LogP contribution in [0.25, 0.3) is 0 Å². The summed E-state index contributed by atoms with van der Waals surface area (Å²) in [5.41, 5.74) is 2.43. The maximum atomic E-state index is 11.0. The summed E-state index contributed by atoms with van der Waals surface area (Å²) >= 11 is 0. The lowest BCUT2D eigenvalue weighted by Crippen LogP contribution is -2.17. The number of hydrogen-bond acceptors (Lipinski definition) is 8. The number of ether oxygens (including phenoxy) is 1. The van der Waals surface area contributed by atoms with Crippen LogP contribution in [0.4, 0.5) is 11.6 Å². The lowest BCUT2D eigenvalue weighted by Gasteiger charge is -2.09. The Morgan fingerprint density at radius 3 is 2.63 bits per heavy atom. The van der Waals surface area contributed by atoms with Gasteiger partial charge in [0.2, 0.25) is 0 Å². The number of nitrogen functional groups attached to an aromatic ring is 1. The Labute approximate surface area is 112 Å². The fourth-order valence-corrected chi connectivity index (χ4v) is 1.76. The predicted molar refractivity (Wildman–Crippen MR) is 73.4 cm³/mol. The van der Waals surface area contributed by atoms with E-state index >= 15 is 0 Å². The molecule has 0 radical (unpaired) electrons. The molecule has 0 atom stereocenters. The molecule has 0 saturated heterocycles. The molecule has 19 heavy (non-hydrogen) atoms. The molecule has 0 aliphatic heterocycles. The maximum absolute atomic E-state index is 11.0. The van der Waals surface area contributed by atoms with Gasteiger partial charge in [-0.05, 0) is 6.92 Å². The first-order valence-corrected chi connectivity index (χ1v) is 7.84. The third-order valence-electron chi connectivity index (χ3n) is 2.13. The van der Waals surface area contributed by atoms with Gasteiger partial charge < -0.3 is 15.5 Å². The number of aromatic nitrogens is 2. The van der Waals surface area contributed by atoms with Crippen molar-refractivity contribution in [2.45, 2.75) is 13.5 Å². The molecule has 0 unspecified atom stereocenters. The molecule has 0 aliphatic rings. The average Bonchev–Trinajstić information content (AvgIpc) is 2.34. The quantitative estimate of drug-likeness (QED) is 0.443. The summed E-state index contributed by atoms with van der Waals surface area (Å²) < 4.78 is 27.3. The summed E-state index contributed by atoms with van der Waals surface area (Å²) in [4.78, 5) is 8.32. The highest BCUT2D eigenvalue weighted by atomic mass is 32.2. The van der Waals surface area contributed by atoms with E-state index in [1.807, 2.05) is 6.92 Å². The van der Waals surface area contributed by atoms with Crippen molar-refractivity contribution in [2.24, 2.45) is 5.84 Å². The normalized spacial score (nSPS) is 11.3. The summed E-state index contributed by atoms with van der Waals surface area (Å²) in [5, 5.41) is 2.91. The number of sulfone groups is 1. The zero-order valence-electron chi connectivity index (χ0n) is 11.0. The van der Waals surface area contributed by atoms with Gasteiger partial charge in [-0.15, -0.1) is 0 Å². The third kappa shape index (κ3) is 6.32. The summed E-state index contributed by atoms with van der Waals surface area (Å²) in [6.45, 7) is 2.97. The van der Waals surface area contributed by atoms with Crippen molar-refractivity contribution in [3.63, 3.8) is 0 Å². The van der Waals surface area contributed by atoms with Crippen molar-refractivity contribution >= 4 is 21.5 Å². The second-order valence-corrected chi connectivity index (χ2v) is 6.15. The highest BCUT2D eigenvalue weighted by Crippen LogP contribution is 2.10. The molecular weight excluding hydrogens is 270 g/mol. The molecule has 108 valence electrons. The Kier molecular flexibility index (Phi) is 5.93. The summed E-state index contributed by atoms with van der Waals surface area (Å²) in [6.07, 6.45) is 1.18. The van der Waals surface area contributed by atoms with Crippen LogP contribution in [0.3, 0.4) is 0 Å². The van der Waals surface area contributed by atoms with Crippen molar-refractivity contribution < 1.29 is 13.2 Å². The maximum Gasteiger partial charge on any atom is 0.158 e. The lowest BCUT2D eigenvalue weighted by atomic mass is 10.5. The third-order valence-corrected chi connectivity index (χ3v) is 3.08. The molecule has 1 heterocycles. The van der Waals surface area contributed by atoms with E-state index in [2.05, 4.69) is 20.7 Å². The molecule has 9 heteroatoms. The zero-order chi connectivity index (χ0) is 14.3. The van der Waals surface area contributed by atoms with E-state index in [1.54, 1.807) is 6.07 Å². The molecule has 0 aromatic carbocycles. The number of anilines is 2. The Morgan fingerprint density at radius 2 is 2.05 bits per heavy atom. The monoisotopic (exact) mass is 289 g/mol. The van der Waals surface area contributed by atoms with Gasteiger partial charge in [0, 0.05) is 25.5 Å². The summed E-state index contributed by atoms with van der Waals surface area (Å²) in [5.74, 6) is 6.75. The molecule has 0 bridgehead atoms. The number of nitrogens with one attached hydrogen (secondary N) is 2. The van der Waals surface area contributed by atoms with Crippen molar-refractivity contribution in [3.8, 4) is 0 Å². The van der Waals surface area contributed by atoms with E-state index in [0.29, 0.717) is 24.1 Å². The molecule has 0 fully saturated rings. The number of hydrazine groups is 1. The molecule has 1 rings (SSSR count). The molecule has 0 saturated carbocycles. The minimum atomic E-state index is -3.01. The average molecular weight is 289 g/mol. The van der Waals surface area contributed by atoms with Gasteiger partial charge in [0.1, 0.15) is 28.1 Å². The fraction of sp³-hybridized carbons (Fsp3) is 0.600. The van der Waals surface area contributed by atoms with E-state index in [9.17, 15) is 8.42 Å². The topological polar surface area (TPSA) is 119 Å². The first kappa shape index (κ1) is 15.6. The van der Waals surface area contributed by atoms with Crippen LogP contribution in [0.1, 0.15) is 12.7 Å². The van der Waals surface area contributed by atoms with Crippen LogP contribution in [-0.4, -0.2) is 43.5 Å². The molecule has 1 aromatic rings. The number of rotatable bonds is 8. The minimum Gasteiger partial charge on any atom is -0.374 e. The van der Waals surface area contributed by atoms with Crippen molar-refractivity contribution in [1.29, 1.82) is 0 Å². The fourth-order valence-electron chi connectivity index (χ4n) is 1.28. The van der Waals surface area contributed by atoms with Gasteiger partial charge in [-0.2, -0.15) is 0 Å². The largest absolute Gasteiger partial charge is 0.374 e. The van der Waals surface area contributed by atoms with Crippen LogP contribution >= 0.6 is 0 Å². The summed E-state index contributed by atoms with van der Waals surface area (Å²) in [7, 11) is -3.01. The highest BCUT2D eigenvalue weighted by molar-refractivity contribution is 7.90. The molecule has 4 N–H and O–H groups in total. The molecular formula is C10H19N5O3S. The SMILES string of the molecule is CCOCc1nc(NN)cc(NCCS(C)(=O)=O)n1. The van der Waals surface area contributed by atoms with Gasteiger partial charge in [-0.3, -0.25) is 0 Å². The van der Waals surface area contributed by atoms with E-state index in [4.69, 9.17) is 10.6 Å². The predicted octanol–water partition coefficient (Wildman–Crippen LogP) is -0.245. The van der Waals surface area contributed by atoms with Gasteiger partial charge in [0.25, 0.3) is 0 Å². The number of nitrogens with zero attached hydrogens (tertiary/aromatic N) is 2. The molecule has 0 aliphatic carbocycles. The minimum absolute atomic E-state index is 0.0309. The highest BCUT2D eigenvalue weighted by Gasteiger charge is 2.06. The van der Waals surface area contributed by atoms with E-state index in [1.165, 1.54) is 6.26 Å². The van der Waals surface area contributed by atoms with Crippen molar-refractivity contribution in [2.75, 3.05) is 35.9 Å². The van der Waals surface area contributed by atoms with Gasteiger partial charge in [0.05, 0.1) is 5.75 Å². The Bertz CT molecular complexity index is 506.